The SMILES string of the molecule is O=S(=O)(CCc1ccccc1F)NCc1ncc2ccccn12. The van der Waals surface area contributed by atoms with E-state index in [0.717, 1.165) is 5.52 Å². The first-order chi connectivity index (χ1) is 11.1. The van der Waals surface area contributed by atoms with Crippen molar-refractivity contribution in [2.24, 2.45) is 0 Å². The van der Waals surface area contributed by atoms with Gasteiger partial charge in [0, 0.05) is 6.20 Å². The van der Waals surface area contributed by atoms with Gasteiger partial charge >= 0.3 is 0 Å². The van der Waals surface area contributed by atoms with Crippen molar-refractivity contribution in [3.63, 3.8) is 0 Å². The molecule has 0 radical (unpaired) electrons. The maximum Gasteiger partial charge on any atom is 0.212 e. The number of nitrogens with one attached hydrogen (secondary N) is 1. The first-order valence-electron chi connectivity index (χ1n) is 7.17. The number of halogens is 1. The Balaban J connectivity index is 1.64. The average molecular weight is 333 g/mol. The summed E-state index contributed by atoms with van der Waals surface area (Å²) in [5.41, 5.74) is 1.29. The first kappa shape index (κ1) is 15.6. The van der Waals surface area contributed by atoms with Gasteiger partial charge in [0.1, 0.15) is 11.6 Å². The predicted octanol–water partition coefficient (Wildman–Crippen LogP) is 2.14. The van der Waals surface area contributed by atoms with Crippen molar-refractivity contribution < 1.29 is 12.8 Å². The third-order valence-electron chi connectivity index (χ3n) is 3.56. The van der Waals surface area contributed by atoms with Gasteiger partial charge in [-0.3, -0.25) is 0 Å². The molecule has 0 aliphatic heterocycles. The zero-order valence-electron chi connectivity index (χ0n) is 12.3. The Morgan fingerprint density at radius 3 is 2.74 bits per heavy atom. The molecule has 5 nitrogen and oxygen atoms in total. The molecule has 2 aromatic heterocycles. The first-order valence-corrected chi connectivity index (χ1v) is 8.82. The largest absolute Gasteiger partial charge is 0.303 e. The lowest BCUT2D eigenvalue weighted by Crippen LogP contribution is -2.27. The van der Waals surface area contributed by atoms with E-state index in [1.807, 2.05) is 28.8 Å². The van der Waals surface area contributed by atoms with Crippen LogP contribution in [0.15, 0.2) is 54.9 Å². The van der Waals surface area contributed by atoms with E-state index in [9.17, 15) is 12.8 Å². The van der Waals surface area contributed by atoms with Gasteiger partial charge in [-0.1, -0.05) is 24.3 Å². The Labute approximate surface area is 133 Å². The predicted molar refractivity (Wildman–Crippen MR) is 85.9 cm³/mol. The molecule has 0 atom stereocenters. The molecule has 7 heteroatoms. The van der Waals surface area contributed by atoms with E-state index in [2.05, 4.69) is 9.71 Å². The Morgan fingerprint density at radius 2 is 1.91 bits per heavy atom. The van der Waals surface area contributed by atoms with Crippen LogP contribution in [0.2, 0.25) is 0 Å². The lowest BCUT2D eigenvalue weighted by molar-refractivity contribution is 0.576. The van der Waals surface area contributed by atoms with Crippen LogP contribution in [-0.4, -0.2) is 23.6 Å². The summed E-state index contributed by atoms with van der Waals surface area (Å²) in [5, 5.41) is 0. The number of imidazole rings is 1. The van der Waals surface area contributed by atoms with Crippen molar-refractivity contribution in [2.75, 3.05) is 5.75 Å². The van der Waals surface area contributed by atoms with Gasteiger partial charge in [-0.05, 0) is 30.2 Å². The van der Waals surface area contributed by atoms with Crippen LogP contribution in [0.25, 0.3) is 5.52 Å². The summed E-state index contributed by atoms with van der Waals surface area (Å²) in [6.45, 7) is 0.0950. The molecule has 0 amide bonds. The summed E-state index contributed by atoms with van der Waals surface area (Å²) in [5.74, 6) is 0.0501. The van der Waals surface area contributed by atoms with Crippen molar-refractivity contribution in [1.29, 1.82) is 0 Å². The van der Waals surface area contributed by atoms with Crippen molar-refractivity contribution in [2.45, 2.75) is 13.0 Å². The van der Waals surface area contributed by atoms with Gasteiger partial charge in [-0.15, -0.1) is 0 Å². The maximum absolute atomic E-state index is 13.5. The van der Waals surface area contributed by atoms with Gasteiger partial charge in [0.05, 0.1) is 24.0 Å². The maximum atomic E-state index is 13.5. The monoisotopic (exact) mass is 333 g/mol. The summed E-state index contributed by atoms with van der Waals surface area (Å²) in [6.07, 6.45) is 3.64. The molecule has 120 valence electrons. The number of rotatable bonds is 6. The summed E-state index contributed by atoms with van der Waals surface area (Å²) in [6, 6.07) is 11.8. The lowest BCUT2D eigenvalue weighted by Gasteiger charge is -2.07. The average Bonchev–Trinajstić information content (AvgIpc) is 2.96. The van der Waals surface area contributed by atoms with Crippen molar-refractivity contribution in [1.82, 2.24) is 14.1 Å². The van der Waals surface area contributed by atoms with Gasteiger partial charge in [-0.2, -0.15) is 0 Å². The van der Waals surface area contributed by atoms with Gasteiger partial charge in [-0.25, -0.2) is 22.5 Å². The minimum absolute atomic E-state index is 0.0950. The zero-order valence-corrected chi connectivity index (χ0v) is 13.1. The highest BCUT2D eigenvalue weighted by molar-refractivity contribution is 7.89. The van der Waals surface area contributed by atoms with E-state index in [1.54, 1.807) is 24.4 Å². The number of hydrogen-bond donors (Lipinski definition) is 1. The van der Waals surface area contributed by atoms with Gasteiger partial charge in [0.2, 0.25) is 10.0 Å². The summed E-state index contributed by atoms with van der Waals surface area (Å²) < 4.78 is 42.0. The van der Waals surface area contributed by atoms with Crippen LogP contribution < -0.4 is 4.72 Å². The number of fused-ring (bicyclic) bond motifs is 1. The molecule has 1 aromatic carbocycles. The van der Waals surface area contributed by atoms with E-state index >= 15 is 0 Å². The van der Waals surface area contributed by atoms with Crippen LogP contribution in [-0.2, 0) is 23.0 Å². The van der Waals surface area contributed by atoms with Crippen molar-refractivity contribution in [3.8, 4) is 0 Å². The smallest absolute Gasteiger partial charge is 0.212 e. The van der Waals surface area contributed by atoms with Crippen LogP contribution in [0.3, 0.4) is 0 Å². The minimum Gasteiger partial charge on any atom is -0.303 e. The molecular formula is C16H16FN3O2S. The van der Waals surface area contributed by atoms with Crippen LogP contribution in [0, 0.1) is 5.82 Å². The highest BCUT2D eigenvalue weighted by atomic mass is 32.2. The van der Waals surface area contributed by atoms with Crippen LogP contribution in [0.4, 0.5) is 4.39 Å². The highest BCUT2D eigenvalue weighted by Crippen LogP contribution is 2.09. The molecule has 0 aliphatic carbocycles. The molecule has 3 aromatic rings. The van der Waals surface area contributed by atoms with Gasteiger partial charge < -0.3 is 4.40 Å². The third kappa shape index (κ3) is 3.75. The van der Waals surface area contributed by atoms with E-state index < -0.39 is 10.0 Å². The summed E-state index contributed by atoms with van der Waals surface area (Å²) >= 11 is 0. The Bertz CT molecular complexity index is 922. The van der Waals surface area contributed by atoms with E-state index in [4.69, 9.17) is 0 Å². The number of sulfonamides is 1. The molecule has 0 bridgehead atoms. The van der Waals surface area contributed by atoms with Crippen LogP contribution >= 0.6 is 0 Å². The number of aromatic nitrogens is 2. The molecule has 2 heterocycles. The van der Waals surface area contributed by atoms with Crippen LogP contribution in [0.1, 0.15) is 11.4 Å². The summed E-state index contributed by atoms with van der Waals surface area (Å²) in [7, 11) is -3.51. The lowest BCUT2D eigenvalue weighted by atomic mass is 10.2. The molecule has 0 spiro atoms. The molecule has 3 rings (SSSR count). The molecular weight excluding hydrogens is 317 g/mol. The van der Waals surface area contributed by atoms with Crippen molar-refractivity contribution in [3.05, 3.63) is 72.1 Å². The molecule has 0 fully saturated rings. The molecule has 0 unspecified atom stereocenters. The molecule has 0 aliphatic rings. The zero-order chi connectivity index (χ0) is 16.3. The minimum atomic E-state index is -3.51. The molecule has 0 saturated carbocycles. The fourth-order valence-electron chi connectivity index (χ4n) is 2.32. The number of nitrogens with zero attached hydrogens (tertiary/aromatic N) is 2. The second kappa shape index (κ2) is 6.47. The number of hydrogen-bond acceptors (Lipinski definition) is 3. The topological polar surface area (TPSA) is 63.5 Å². The summed E-state index contributed by atoms with van der Waals surface area (Å²) in [4.78, 5) is 4.21. The number of aryl methyl sites for hydroxylation is 1. The van der Waals surface area contributed by atoms with Gasteiger partial charge in [0.25, 0.3) is 0 Å². The Hall–Kier alpha value is -2.25. The molecule has 1 N–H and O–H groups in total. The second-order valence-electron chi connectivity index (χ2n) is 5.15. The fourth-order valence-corrected chi connectivity index (χ4v) is 3.30. The van der Waals surface area contributed by atoms with Gasteiger partial charge in [0.15, 0.2) is 0 Å². The normalized spacial score (nSPS) is 11.9. The fraction of sp³-hybridized carbons (Fsp3) is 0.188. The molecule has 23 heavy (non-hydrogen) atoms. The van der Waals surface area contributed by atoms with Crippen molar-refractivity contribution >= 4 is 15.5 Å². The second-order valence-corrected chi connectivity index (χ2v) is 7.08. The van der Waals surface area contributed by atoms with Crippen LogP contribution in [0.5, 0.6) is 0 Å². The Morgan fingerprint density at radius 1 is 1.13 bits per heavy atom. The Kier molecular flexibility index (Phi) is 4.40. The van der Waals surface area contributed by atoms with E-state index in [-0.39, 0.29) is 24.5 Å². The van der Waals surface area contributed by atoms with E-state index in [1.165, 1.54) is 6.07 Å². The molecule has 0 saturated heterocycles. The highest BCUT2D eigenvalue weighted by Gasteiger charge is 2.13. The van der Waals surface area contributed by atoms with E-state index in [0.29, 0.717) is 11.4 Å². The number of pyridine rings is 1. The number of benzene rings is 1. The third-order valence-corrected chi connectivity index (χ3v) is 4.89. The standard InChI is InChI=1S/C16H16FN3O2S/c17-15-7-2-1-5-13(15)8-10-23(21,22)19-12-16-18-11-14-6-3-4-9-20(14)16/h1-7,9,11,19H,8,10,12H2. The quantitative estimate of drug-likeness (QED) is 0.752.